The van der Waals surface area contributed by atoms with E-state index in [1.54, 1.807) is 0 Å². The summed E-state index contributed by atoms with van der Waals surface area (Å²) in [6.07, 6.45) is 8.22. The number of carbonyl (C=O) groups excluding carboxylic acids is 1. The van der Waals surface area contributed by atoms with Gasteiger partial charge in [0.05, 0.1) is 12.5 Å². The zero-order chi connectivity index (χ0) is 14.5. The second-order valence-electron chi connectivity index (χ2n) is 6.97. The van der Waals surface area contributed by atoms with E-state index >= 15 is 0 Å². The van der Waals surface area contributed by atoms with Crippen molar-refractivity contribution in [3.8, 4) is 0 Å². The van der Waals surface area contributed by atoms with E-state index in [-0.39, 0.29) is 18.7 Å². The van der Waals surface area contributed by atoms with E-state index in [9.17, 15) is 4.79 Å². The van der Waals surface area contributed by atoms with Gasteiger partial charge in [-0.25, -0.2) is 0 Å². The van der Waals surface area contributed by atoms with Gasteiger partial charge in [0.2, 0.25) is 0 Å². The molecule has 3 nitrogen and oxygen atoms in total. The maximum Gasteiger partial charge on any atom is 0.310 e. The minimum absolute atomic E-state index is 0.0713. The smallest absolute Gasteiger partial charge is 0.310 e. The van der Waals surface area contributed by atoms with Crippen LogP contribution in [0.5, 0.6) is 0 Å². The Kier molecular flexibility index (Phi) is 5.88. The average Bonchev–Trinajstić information content (AvgIpc) is 2.42. The average molecular weight is 282 g/mol. The van der Waals surface area contributed by atoms with Crippen LogP contribution in [-0.4, -0.2) is 19.4 Å². The first kappa shape index (κ1) is 15.8. The van der Waals surface area contributed by atoms with Crippen LogP contribution in [0.2, 0.25) is 0 Å². The van der Waals surface area contributed by atoms with E-state index in [1.807, 2.05) is 13.8 Å². The molecule has 0 saturated heterocycles. The highest BCUT2D eigenvalue weighted by molar-refractivity contribution is 5.71. The van der Waals surface area contributed by atoms with Gasteiger partial charge in [0, 0.05) is 0 Å². The van der Waals surface area contributed by atoms with Crippen molar-refractivity contribution >= 4 is 5.97 Å². The molecule has 0 radical (unpaired) electrons. The molecule has 0 aliphatic heterocycles. The zero-order valence-electron chi connectivity index (χ0n) is 13.3. The fourth-order valence-electron chi connectivity index (χ4n) is 4.05. The van der Waals surface area contributed by atoms with Crippen LogP contribution in [0.3, 0.4) is 0 Å². The third-order valence-corrected chi connectivity index (χ3v) is 5.28. The third kappa shape index (κ3) is 3.97. The summed E-state index contributed by atoms with van der Waals surface area (Å²) < 4.78 is 10.8. The van der Waals surface area contributed by atoms with Crippen LogP contribution in [0, 0.1) is 29.6 Å². The van der Waals surface area contributed by atoms with Gasteiger partial charge in [-0.3, -0.25) is 4.79 Å². The van der Waals surface area contributed by atoms with Crippen LogP contribution in [-0.2, 0) is 14.3 Å². The van der Waals surface area contributed by atoms with Crippen molar-refractivity contribution in [3.05, 3.63) is 0 Å². The Balaban J connectivity index is 1.74. The molecular weight excluding hydrogens is 252 g/mol. The van der Waals surface area contributed by atoms with Crippen molar-refractivity contribution in [1.29, 1.82) is 0 Å². The molecule has 0 aromatic carbocycles. The third-order valence-electron chi connectivity index (χ3n) is 5.28. The first-order valence-electron chi connectivity index (χ1n) is 8.36. The highest BCUT2D eigenvalue weighted by Gasteiger charge is 2.39. The number of rotatable bonds is 6. The minimum atomic E-state index is -0.167. The van der Waals surface area contributed by atoms with Gasteiger partial charge >= 0.3 is 5.97 Å². The van der Waals surface area contributed by atoms with E-state index < -0.39 is 0 Å². The summed E-state index contributed by atoms with van der Waals surface area (Å²) >= 11 is 0. The Morgan fingerprint density at radius 1 is 1.20 bits per heavy atom. The maximum atomic E-state index is 11.4. The molecule has 2 bridgehead atoms. The summed E-state index contributed by atoms with van der Waals surface area (Å²) in [6.45, 7) is 6.92. The molecule has 20 heavy (non-hydrogen) atoms. The molecule has 116 valence electrons. The molecular formula is C17H30O3. The lowest BCUT2D eigenvalue weighted by atomic mass is 9.61. The molecule has 0 spiro atoms. The summed E-state index contributed by atoms with van der Waals surface area (Å²) in [7, 11) is 0. The van der Waals surface area contributed by atoms with Gasteiger partial charge in [0.1, 0.15) is 0 Å². The predicted octanol–water partition coefficient (Wildman–Crippen LogP) is 4.01. The molecule has 0 amide bonds. The van der Waals surface area contributed by atoms with Crippen LogP contribution in [0.25, 0.3) is 0 Å². The van der Waals surface area contributed by atoms with Crippen molar-refractivity contribution in [3.63, 3.8) is 0 Å². The van der Waals surface area contributed by atoms with Gasteiger partial charge in [-0.05, 0) is 36.5 Å². The summed E-state index contributed by atoms with van der Waals surface area (Å²) in [6, 6.07) is 0. The molecule has 0 aromatic rings. The largest absolute Gasteiger partial charge is 0.438 e. The summed E-state index contributed by atoms with van der Waals surface area (Å²) in [5, 5.41) is 0. The Morgan fingerprint density at radius 2 is 1.85 bits per heavy atom. The molecule has 0 heterocycles. The van der Waals surface area contributed by atoms with Gasteiger partial charge < -0.3 is 9.47 Å². The SMILES string of the molecule is CCC1CC2CCCC(C1)C2COCOC(=O)C(C)C. The number of fused-ring (bicyclic) bond motifs is 2. The maximum absolute atomic E-state index is 11.4. The standard InChI is InChI=1S/C17H30O3/c1-4-13-8-14-6-5-7-15(9-13)16(14)10-19-11-20-17(18)12(2)3/h12-16H,4-11H2,1-3H3. The predicted molar refractivity (Wildman–Crippen MR) is 79.1 cm³/mol. The van der Waals surface area contributed by atoms with E-state index in [0.717, 1.165) is 24.4 Å². The second-order valence-corrected chi connectivity index (χ2v) is 6.97. The fraction of sp³-hybridized carbons (Fsp3) is 0.941. The van der Waals surface area contributed by atoms with E-state index in [0.29, 0.717) is 5.92 Å². The zero-order valence-corrected chi connectivity index (χ0v) is 13.3. The highest BCUT2D eigenvalue weighted by atomic mass is 16.7. The normalized spacial score (nSPS) is 33.2. The lowest BCUT2D eigenvalue weighted by Gasteiger charge is -2.45. The first-order valence-corrected chi connectivity index (χ1v) is 8.36. The summed E-state index contributed by atoms with van der Waals surface area (Å²) in [5.41, 5.74) is 0. The van der Waals surface area contributed by atoms with Crippen LogP contribution < -0.4 is 0 Å². The van der Waals surface area contributed by atoms with Crippen molar-refractivity contribution in [2.75, 3.05) is 13.4 Å². The topological polar surface area (TPSA) is 35.5 Å². The summed E-state index contributed by atoms with van der Waals surface area (Å²) in [4.78, 5) is 11.4. The summed E-state index contributed by atoms with van der Waals surface area (Å²) in [5.74, 6) is 3.07. The van der Waals surface area contributed by atoms with Crippen LogP contribution in [0.15, 0.2) is 0 Å². The quantitative estimate of drug-likeness (QED) is 0.419. The van der Waals surface area contributed by atoms with Crippen molar-refractivity contribution in [2.24, 2.45) is 29.6 Å². The van der Waals surface area contributed by atoms with Gasteiger partial charge in [-0.15, -0.1) is 0 Å². The Hall–Kier alpha value is -0.570. The highest BCUT2D eigenvalue weighted by Crippen LogP contribution is 2.47. The second kappa shape index (κ2) is 7.44. The number of hydrogen-bond acceptors (Lipinski definition) is 3. The molecule has 2 saturated carbocycles. The van der Waals surface area contributed by atoms with Crippen molar-refractivity contribution in [1.82, 2.24) is 0 Å². The van der Waals surface area contributed by atoms with Crippen LogP contribution in [0.4, 0.5) is 0 Å². The molecule has 0 aromatic heterocycles. The van der Waals surface area contributed by atoms with E-state index in [1.165, 1.54) is 38.5 Å². The van der Waals surface area contributed by atoms with E-state index in [4.69, 9.17) is 9.47 Å². The van der Waals surface area contributed by atoms with Gasteiger partial charge in [-0.2, -0.15) is 0 Å². The van der Waals surface area contributed by atoms with Gasteiger partial charge in [0.15, 0.2) is 6.79 Å². The molecule has 2 aliphatic rings. The van der Waals surface area contributed by atoms with Crippen molar-refractivity contribution in [2.45, 2.75) is 59.3 Å². The van der Waals surface area contributed by atoms with Gasteiger partial charge in [-0.1, -0.05) is 46.5 Å². The molecule has 2 aliphatic carbocycles. The van der Waals surface area contributed by atoms with E-state index in [2.05, 4.69) is 6.92 Å². The molecule has 2 fully saturated rings. The lowest BCUT2D eigenvalue weighted by molar-refractivity contribution is -0.163. The molecule has 0 N–H and O–H groups in total. The number of esters is 1. The molecule has 2 unspecified atom stereocenters. The molecule has 2 atom stereocenters. The van der Waals surface area contributed by atoms with Gasteiger partial charge in [0.25, 0.3) is 0 Å². The lowest BCUT2D eigenvalue weighted by Crippen LogP contribution is -2.39. The molecule has 3 heteroatoms. The minimum Gasteiger partial charge on any atom is -0.438 e. The number of hydrogen-bond donors (Lipinski definition) is 0. The Bertz CT molecular complexity index is 299. The Morgan fingerprint density at radius 3 is 2.40 bits per heavy atom. The monoisotopic (exact) mass is 282 g/mol. The van der Waals surface area contributed by atoms with Crippen LogP contribution in [0.1, 0.15) is 59.3 Å². The Labute approximate surface area is 123 Å². The first-order chi connectivity index (χ1) is 9.61. The molecule has 2 rings (SSSR count). The fourth-order valence-corrected chi connectivity index (χ4v) is 4.05. The van der Waals surface area contributed by atoms with Crippen LogP contribution >= 0.6 is 0 Å². The number of carbonyl (C=O) groups is 1. The number of ether oxygens (including phenoxy) is 2. The van der Waals surface area contributed by atoms with Crippen molar-refractivity contribution < 1.29 is 14.3 Å².